The lowest BCUT2D eigenvalue weighted by Gasteiger charge is -2.26. The topological polar surface area (TPSA) is 42.2 Å². The van der Waals surface area contributed by atoms with Crippen LogP contribution < -0.4 is 9.47 Å². The van der Waals surface area contributed by atoms with Gasteiger partial charge in [0, 0.05) is 11.0 Å². The van der Waals surface area contributed by atoms with E-state index in [4.69, 9.17) is 9.47 Å². The third kappa shape index (κ3) is 3.20. The SMILES string of the molecule is CC1(C)c2ccccc2-c2cc3c(cc21)Oc1cccc(-c2cccc(-c4ccccc4C#N)c2)c1O3. The number of nitriles is 1. The Morgan fingerprint density at radius 2 is 1.24 bits per heavy atom. The van der Waals surface area contributed by atoms with Crippen LogP contribution >= 0.6 is 0 Å². The minimum absolute atomic E-state index is 0.105. The van der Waals surface area contributed by atoms with Gasteiger partial charge in [0.1, 0.15) is 0 Å². The van der Waals surface area contributed by atoms with E-state index in [0.717, 1.165) is 33.8 Å². The van der Waals surface area contributed by atoms with Crippen molar-refractivity contribution in [1.29, 1.82) is 5.26 Å². The Hall–Kier alpha value is -4.81. The van der Waals surface area contributed by atoms with E-state index in [9.17, 15) is 5.26 Å². The van der Waals surface area contributed by atoms with Gasteiger partial charge < -0.3 is 9.47 Å². The molecule has 0 radical (unpaired) electrons. The Morgan fingerprint density at radius 1 is 0.568 bits per heavy atom. The van der Waals surface area contributed by atoms with Crippen molar-refractivity contribution in [3.63, 3.8) is 0 Å². The molecule has 0 spiro atoms. The second-order valence-corrected chi connectivity index (χ2v) is 10.1. The van der Waals surface area contributed by atoms with Gasteiger partial charge in [-0.15, -0.1) is 0 Å². The van der Waals surface area contributed by atoms with Gasteiger partial charge in [-0.25, -0.2) is 0 Å². The van der Waals surface area contributed by atoms with Gasteiger partial charge in [-0.3, -0.25) is 0 Å². The Bertz CT molecular complexity index is 1770. The number of ether oxygens (including phenoxy) is 2. The van der Waals surface area contributed by atoms with E-state index in [1.54, 1.807) is 0 Å². The first kappa shape index (κ1) is 21.5. The molecule has 176 valence electrons. The van der Waals surface area contributed by atoms with Gasteiger partial charge >= 0.3 is 0 Å². The molecule has 0 amide bonds. The zero-order valence-electron chi connectivity index (χ0n) is 20.6. The number of para-hydroxylation sites is 1. The normalized spacial score (nSPS) is 13.8. The summed E-state index contributed by atoms with van der Waals surface area (Å²) in [5.41, 5.74) is 9.40. The largest absolute Gasteiger partial charge is 0.449 e. The fraction of sp³-hybridized carbons (Fsp3) is 0.0882. The Kier molecular flexibility index (Phi) is 4.55. The van der Waals surface area contributed by atoms with Crippen molar-refractivity contribution in [1.82, 2.24) is 0 Å². The first-order chi connectivity index (χ1) is 18.0. The van der Waals surface area contributed by atoms with Crippen LogP contribution in [0.25, 0.3) is 33.4 Å². The van der Waals surface area contributed by atoms with Gasteiger partial charge in [0.2, 0.25) is 0 Å². The van der Waals surface area contributed by atoms with Crippen LogP contribution in [0.4, 0.5) is 0 Å². The van der Waals surface area contributed by atoms with Crippen molar-refractivity contribution < 1.29 is 9.47 Å². The van der Waals surface area contributed by atoms with E-state index in [1.165, 1.54) is 22.3 Å². The second kappa shape index (κ2) is 7.85. The van der Waals surface area contributed by atoms with E-state index in [1.807, 2.05) is 54.6 Å². The van der Waals surface area contributed by atoms with Crippen molar-refractivity contribution in [2.24, 2.45) is 0 Å². The number of rotatable bonds is 2. The van der Waals surface area contributed by atoms with Crippen LogP contribution in [0.3, 0.4) is 0 Å². The summed E-state index contributed by atoms with van der Waals surface area (Å²) in [5, 5.41) is 9.59. The van der Waals surface area contributed by atoms with Gasteiger partial charge in [0.25, 0.3) is 0 Å². The highest BCUT2D eigenvalue weighted by Gasteiger charge is 2.37. The van der Waals surface area contributed by atoms with Crippen molar-refractivity contribution in [2.75, 3.05) is 0 Å². The van der Waals surface area contributed by atoms with Crippen LogP contribution in [-0.4, -0.2) is 0 Å². The average molecular weight is 478 g/mol. The molecule has 1 aliphatic carbocycles. The fourth-order valence-electron chi connectivity index (χ4n) is 5.71. The highest BCUT2D eigenvalue weighted by atomic mass is 16.6. The molecule has 3 nitrogen and oxygen atoms in total. The maximum atomic E-state index is 9.59. The Balaban J connectivity index is 1.33. The van der Waals surface area contributed by atoms with Crippen LogP contribution in [-0.2, 0) is 5.41 Å². The Labute approximate surface area is 216 Å². The maximum Gasteiger partial charge on any atom is 0.177 e. The molecule has 1 aliphatic heterocycles. The predicted octanol–water partition coefficient (Wildman–Crippen LogP) is 9.10. The molecule has 3 heteroatoms. The van der Waals surface area contributed by atoms with Crippen molar-refractivity contribution in [2.45, 2.75) is 19.3 Å². The number of hydrogen-bond acceptors (Lipinski definition) is 3. The molecule has 0 aromatic heterocycles. The summed E-state index contributed by atoms with van der Waals surface area (Å²) >= 11 is 0. The molecule has 0 N–H and O–H groups in total. The van der Waals surface area contributed by atoms with Crippen molar-refractivity contribution >= 4 is 0 Å². The lowest BCUT2D eigenvalue weighted by molar-refractivity contribution is 0.360. The van der Waals surface area contributed by atoms with E-state index in [2.05, 4.69) is 68.4 Å². The maximum absolute atomic E-state index is 9.59. The summed E-state index contributed by atoms with van der Waals surface area (Å²) in [7, 11) is 0. The molecule has 5 aromatic carbocycles. The second-order valence-electron chi connectivity index (χ2n) is 10.1. The minimum atomic E-state index is -0.105. The molecular formula is C34H23NO2. The molecule has 0 fully saturated rings. The molecule has 1 heterocycles. The molecule has 7 rings (SSSR count). The highest BCUT2D eigenvalue weighted by Crippen LogP contribution is 2.56. The van der Waals surface area contributed by atoms with Crippen LogP contribution in [0.2, 0.25) is 0 Å². The van der Waals surface area contributed by atoms with Crippen molar-refractivity contribution in [3.05, 3.63) is 120 Å². The quantitative estimate of drug-likeness (QED) is 0.250. The third-order valence-corrected chi connectivity index (χ3v) is 7.59. The molecule has 5 aromatic rings. The third-order valence-electron chi connectivity index (χ3n) is 7.59. The highest BCUT2D eigenvalue weighted by molar-refractivity contribution is 5.85. The standard InChI is InChI=1S/C34H23NO2/c1-34(2)28-15-6-5-13-26(28)27-18-31-32(19-29(27)34)36-30-16-8-14-25(33(30)37-31)22-11-7-10-21(17-22)24-12-4-3-9-23(24)20-35/h3-19H,1-2H3. The van der Waals surface area contributed by atoms with E-state index >= 15 is 0 Å². The molecule has 0 bridgehead atoms. The molecule has 0 saturated heterocycles. The zero-order valence-corrected chi connectivity index (χ0v) is 20.6. The smallest absolute Gasteiger partial charge is 0.177 e. The lowest BCUT2D eigenvalue weighted by atomic mass is 9.82. The minimum Gasteiger partial charge on any atom is -0.449 e. The van der Waals surface area contributed by atoms with Gasteiger partial charge in [0.05, 0.1) is 11.6 Å². The van der Waals surface area contributed by atoms with E-state index in [0.29, 0.717) is 17.1 Å². The van der Waals surface area contributed by atoms with Crippen molar-refractivity contribution in [3.8, 4) is 62.4 Å². The number of benzene rings is 5. The van der Waals surface area contributed by atoms with Crippen LogP contribution in [0.1, 0.15) is 30.5 Å². The molecule has 0 unspecified atom stereocenters. The Morgan fingerprint density at radius 3 is 2.08 bits per heavy atom. The first-order valence-corrected chi connectivity index (χ1v) is 12.4. The van der Waals surface area contributed by atoms with Crippen LogP contribution in [0, 0.1) is 11.3 Å². The average Bonchev–Trinajstić information content (AvgIpc) is 3.16. The summed E-state index contributed by atoms with van der Waals surface area (Å²) in [6.07, 6.45) is 0. The van der Waals surface area contributed by atoms with Gasteiger partial charge in [-0.1, -0.05) is 86.6 Å². The first-order valence-electron chi connectivity index (χ1n) is 12.4. The zero-order chi connectivity index (χ0) is 25.1. The van der Waals surface area contributed by atoms with E-state index < -0.39 is 0 Å². The number of fused-ring (bicyclic) bond motifs is 5. The van der Waals surface area contributed by atoms with Gasteiger partial charge in [-0.05, 0) is 69.3 Å². The van der Waals surface area contributed by atoms with Crippen LogP contribution in [0.5, 0.6) is 23.0 Å². The van der Waals surface area contributed by atoms with E-state index in [-0.39, 0.29) is 5.41 Å². The molecular weight excluding hydrogens is 454 g/mol. The van der Waals surface area contributed by atoms with Gasteiger partial charge in [-0.2, -0.15) is 5.26 Å². The molecule has 0 saturated carbocycles. The monoisotopic (exact) mass is 477 g/mol. The summed E-state index contributed by atoms with van der Waals surface area (Å²) in [6.45, 7) is 4.52. The summed E-state index contributed by atoms with van der Waals surface area (Å²) in [5.74, 6) is 2.85. The molecule has 2 aliphatic rings. The lowest BCUT2D eigenvalue weighted by Crippen LogP contribution is -2.15. The van der Waals surface area contributed by atoms with Gasteiger partial charge in [0.15, 0.2) is 23.0 Å². The number of nitrogens with zero attached hydrogens (tertiary/aromatic N) is 1. The number of hydrogen-bond donors (Lipinski definition) is 0. The molecule has 37 heavy (non-hydrogen) atoms. The fourth-order valence-corrected chi connectivity index (χ4v) is 5.71. The van der Waals surface area contributed by atoms with Crippen LogP contribution in [0.15, 0.2) is 103 Å². The summed E-state index contributed by atoms with van der Waals surface area (Å²) in [4.78, 5) is 0. The predicted molar refractivity (Wildman–Crippen MR) is 146 cm³/mol. The summed E-state index contributed by atoms with van der Waals surface area (Å²) in [6, 6.07) is 37.0. The molecule has 0 atom stereocenters. The summed E-state index contributed by atoms with van der Waals surface area (Å²) < 4.78 is 13.0.